The zero-order valence-corrected chi connectivity index (χ0v) is 19.3. The molecule has 4 rings (SSSR count). The predicted molar refractivity (Wildman–Crippen MR) is 124 cm³/mol. The minimum atomic E-state index is 0.0846. The van der Waals surface area contributed by atoms with Crippen molar-refractivity contribution in [3.63, 3.8) is 0 Å². The van der Waals surface area contributed by atoms with Gasteiger partial charge >= 0.3 is 6.03 Å². The maximum atomic E-state index is 12.8. The Balaban J connectivity index is 1.71. The number of aromatic amines is 1. The molecular formula is C25H38N4O. The number of nitrogens with zero attached hydrogens (tertiary/aromatic N) is 2. The van der Waals surface area contributed by atoms with Gasteiger partial charge in [-0.05, 0) is 75.8 Å². The first kappa shape index (κ1) is 21.2. The first-order valence-corrected chi connectivity index (χ1v) is 11.9. The number of aromatic nitrogens is 1. The van der Waals surface area contributed by atoms with E-state index in [9.17, 15) is 4.79 Å². The number of benzene rings is 1. The number of nitrogens with one attached hydrogen (secondary N) is 2. The second-order valence-electron chi connectivity index (χ2n) is 9.12. The second kappa shape index (κ2) is 8.62. The summed E-state index contributed by atoms with van der Waals surface area (Å²) in [5.41, 5.74) is 7.04. The highest BCUT2D eigenvalue weighted by atomic mass is 16.2. The molecule has 1 aromatic heterocycles. The van der Waals surface area contributed by atoms with E-state index < -0.39 is 0 Å². The highest BCUT2D eigenvalue weighted by Gasteiger charge is 2.41. The van der Waals surface area contributed by atoms with Gasteiger partial charge in [0.15, 0.2) is 0 Å². The van der Waals surface area contributed by atoms with E-state index in [0.29, 0.717) is 12.0 Å². The number of amides is 2. The van der Waals surface area contributed by atoms with Crippen LogP contribution in [0.4, 0.5) is 4.79 Å². The van der Waals surface area contributed by atoms with Gasteiger partial charge in [-0.25, -0.2) is 4.79 Å². The van der Waals surface area contributed by atoms with Crippen LogP contribution in [0.1, 0.15) is 68.8 Å². The van der Waals surface area contributed by atoms with Gasteiger partial charge in [0.05, 0.1) is 0 Å². The molecule has 0 bridgehead atoms. The summed E-state index contributed by atoms with van der Waals surface area (Å²) in [5, 5.41) is 4.83. The van der Waals surface area contributed by atoms with Crippen molar-refractivity contribution in [2.45, 2.75) is 78.3 Å². The summed E-state index contributed by atoms with van der Waals surface area (Å²) in [4.78, 5) is 21.0. The molecule has 1 aromatic carbocycles. The third-order valence-corrected chi connectivity index (χ3v) is 7.34. The fourth-order valence-corrected chi connectivity index (χ4v) is 5.83. The van der Waals surface area contributed by atoms with Gasteiger partial charge in [-0.15, -0.1) is 0 Å². The molecule has 0 radical (unpaired) electrons. The van der Waals surface area contributed by atoms with Crippen molar-refractivity contribution < 1.29 is 4.79 Å². The zero-order valence-electron chi connectivity index (χ0n) is 19.3. The fraction of sp³-hybridized carbons (Fsp3) is 0.640. The van der Waals surface area contributed by atoms with Gasteiger partial charge in [-0.3, -0.25) is 4.90 Å². The predicted octanol–water partition coefficient (Wildman–Crippen LogP) is 4.58. The standard InChI is InChI=1S/C25H38N4O/c1-6-10-29-15-18(27-25(30)28(8-3)9-4)13-20-21-11-17(7-2)12-22-24(21)19(14-23(20)29)16(5)26-22/h11-12,18,20,23,26H,6-10,13-15H2,1-5H3,(H,27,30)/t18-,20?,23+/m0/s1. The van der Waals surface area contributed by atoms with Gasteiger partial charge in [0.1, 0.15) is 0 Å². The van der Waals surface area contributed by atoms with Gasteiger partial charge in [0, 0.05) is 54.2 Å². The highest BCUT2D eigenvalue weighted by molar-refractivity contribution is 5.90. The molecule has 1 unspecified atom stereocenters. The summed E-state index contributed by atoms with van der Waals surface area (Å²) in [5.74, 6) is 0.476. The Hall–Kier alpha value is -2.01. The third kappa shape index (κ3) is 3.62. The van der Waals surface area contributed by atoms with Crippen molar-refractivity contribution in [1.82, 2.24) is 20.1 Å². The smallest absolute Gasteiger partial charge is 0.317 e. The van der Waals surface area contributed by atoms with Crippen molar-refractivity contribution in [2.75, 3.05) is 26.2 Å². The average Bonchev–Trinajstić information content (AvgIpc) is 3.05. The lowest BCUT2D eigenvalue weighted by atomic mass is 9.73. The summed E-state index contributed by atoms with van der Waals surface area (Å²) in [6.45, 7) is 14.4. The number of H-pyrrole nitrogens is 1. The molecule has 2 amide bonds. The lowest BCUT2D eigenvalue weighted by Gasteiger charge is -2.47. The summed E-state index contributed by atoms with van der Waals surface area (Å²) in [6.07, 6.45) is 4.34. The number of hydrogen-bond donors (Lipinski definition) is 2. The molecule has 0 saturated carbocycles. The second-order valence-corrected chi connectivity index (χ2v) is 9.12. The number of fused-ring (bicyclic) bond motifs is 2. The summed E-state index contributed by atoms with van der Waals surface area (Å²) >= 11 is 0. The zero-order chi connectivity index (χ0) is 21.4. The molecule has 2 aromatic rings. The molecule has 5 nitrogen and oxygen atoms in total. The van der Waals surface area contributed by atoms with Crippen LogP contribution in [0, 0.1) is 6.92 Å². The van der Waals surface area contributed by atoms with Gasteiger partial charge < -0.3 is 15.2 Å². The monoisotopic (exact) mass is 410 g/mol. The minimum absolute atomic E-state index is 0.0846. The van der Waals surface area contributed by atoms with E-state index in [4.69, 9.17) is 0 Å². The van der Waals surface area contributed by atoms with Crippen molar-refractivity contribution in [3.8, 4) is 0 Å². The molecule has 2 heterocycles. The maximum Gasteiger partial charge on any atom is 0.317 e. The molecule has 3 atom stereocenters. The minimum Gasteiger partial charge on any atom is -0.358 e. The molecule has 0 spiro atoms. The van der Waals surface area contributed by atoms with Crippen LogP contribution >= 0.6 is 0 Å². The van der Waals surface area contributed by atoms with Crippen LogP contribution in [0.3, 0.4) is 0 Å². The van der Waals surface area contributed by atoms with E-state index in [1.54, 1.807) is 0 Å². The Labute approximate surface area is 181 Å². The summed E-state index contributed by atoms with van der Waals surface area (Å²) in [7, 11) is 0. The quantitative estimate of drug-likeness (QED) is 0.732. The molecule has 2 N–H and O–H groups in total. The number of likely N-dealkylation sites (tertiary alicyclic amines) is 1. The third-order valence-electron chi connectivity index (χ3n) is 7.34. The van der Waals surface area contributed by atoms with E-state index >= 15 is 0 Å². The van der Waals surface area contributed by atoms with Crippen LogP contribution in [0.5, 0.6) is 0 Å². The largest absolute Gasteiger partial charge is 0.358 e. The normalized spacial score (nSPS) is 23.4. The number of hydrogen-bond acceptors (Lipinski definition) is 2. The van der Waals surface area contributed by atoms with E-state index in [1.807, 2.05) is 18.7 Å². The van der Waals surface area contributed by atoms with E-state index in [0.717, 1.165) is 51.9 Å². The molecule has 1 aliphatic heterocycles. The number of piperidine rings is 1. The van der Waals surface area contributed by atoms with E-state index in [2.05, 4.69) is 48.1 Å². The fourth-order valence-electron chi connectivity index (χ4n) is 5.83. The van der Waals surface area contributed by atoms with Crippen LogP contribution in [-0.2, 0) is 12.8 Å². The Bertz CT molecular complexity index is 913. The Morgan fingerprint density at radius 2 is 2.00 bits per heavy atom. The van der Waals surface area contributed by atoms with Gasteiger partial charge in [0.2, 0.25) is 0 Å². The Morgan fingerprint density at radius 1 is 1.23 bits per heavy atom. The Morgan fingerprint density at radius 3 is 2.67 bits per heavy atom. The van der Waals surface area contributed by atoms with Crippen LogP contribution in [0.15, 0.2) is 12.1 Å². The number of urea groups is 1. The van der Waals surface area contributed by atoms with Crippen molar-refractivity contribution in [2.24, 2.45) is 0 Å². The van der Waals surface area contributed by atoms with Gasteiger partial charge in [-0.2, -0.15) is 0 Å². The van der Waals surface area contributed by atoms with Gasteiger partial charge in [-0.1, -0.05) is 19.9 Å². The van der Waals surface area contributed by atoms with E-state index in [-0.39, 0.29) is 12.1 Å². The molecule has 5 heteroatoms. The summed E-state index contributed by atoms with van der Waals surface area (Å²) < 4.78 is 0. The van der Waals surface area contributed by atoms with Crippen LogP contribution in [0.2, 0.25) is 0 Å². The molecular weight excluding hydrogens is 372 g/mol. The van der Waals surface area contributed by atoms with Gasteiger partial charge in [0.25, 0.3) is 0 Å². The van der Waals surface area contributed by atoms with Crippen molar-refractivity contribution in [3.05, 3.63) is 34.5 Å². The molecule has 2 aliphatic rings. The first-order chi connectivity index (χ1) is 14.5. The van der Waals surface area contributed by atoms with Crippen LogP contribution < -0.4 is 5.32 Å². The lowest BCUT2D eigenvalue weighted by molar-refractivity contribution is 0.0978. The molecule has 1 saturated heterocycles. The SMILES string of the molecule is CCCN1C[C@@H](NC(=O)N(CC)CC)CC2c3cc(CC)cc4[nH]c(C)c(c34)C[C@H]21. The van der Waals surface area contributed by atoms with E-state index in [1.165, 1.54) is 33.3 Å². The highest BCUT2D eigenvalue weighted by Crippen LogP contribution is 2.45. The number of carbonyl (C=O) groups excluding carboxylic acids is 1. The molecule has 1 aliphatic carbocycles. The molecule has 1 fully saturated rings. The lowest BCUT2D eigenvalue weighted by Crippen LogP contribution is -2.58. The van der Waals surface area contributed by atoms with Crippen molar-refractivity contribution in [1.29, 1.82) is 0 Å². The number of rotatable bonds is 6. The Kier molecular flexibility index (Phi) is 6.10. The first-order valence-electron chi connectivity index (χ1n) is 11.9. The number of aryl methyl sites for hydroxylation is 2. The van der Waals surface area contributed by atoms with Crippen molar-refractivity contribution >= 4 is 16.9 Å². The number of carbonyl (C=O) groups is 1. The summed E-state index contributed by atoms with van der Waals surface area (Å²) in [6, 6.07) is 5.61. The maximum absolute atomic E-state index is 12.8. The topological polar surface area (TPSA) is 51.4 Å². The van der Waals surface area contributed by atoms with Crippen LogP contribution in [-0.4, -0.2) is 59.1 Å². The molecule has 30 heavy (non-hydrogen) atoms. The average molecular weight is 411 g/mol. The van der Waals surface area contributed by atoms with Crippen LogP contribution in [0.25, 0.3) is 10.9 Å². The molecule has 164 valence electrons.